The summed E-state index contributed by atoms with van der Waals surface area (Å²) in [6.07, 6.45) is 2.22. The van der Waals surface area contributed by atoms with Gasteiger partial charge in [0.2, 0.25) is 0 Å². The van der Waals surface area contributed by atoms with Crippen molar-refractivity contribution in [3.63, 3.8) is 0 Å². The molecule has 148 valence electrons. The van der Waals surface area contributed by atoms with Crippen LogP contribution >= 0.6 is 0 Å². The highest BCUT2D eigenvalue weighted by atomic mass is 15.6. The third-order valence-electron chi connectivity index (χ3n) is 5.03. The normalized spacial score (nSPS) is 11.3. The quantitative estimate of drug-likeness (QED) is 0.519. The van der Waals surface area contributed by atoms with Gasteiger partial charge in [-0.1, -0.05) is 55.8 Å². The zero-order chi connectivity index (χ0) is 20.1. The lowest BCUT2D eigenvalue weighted by molar-refractivity contribution is 0.296. The van der Waals surface area contributed by atoms with Gasteiger partial charge < -0.3 is 17.2 Å². The first-order chi connectivity index (χ1) is 13.5. The second kappa shape index (κ2) is 8.91. The molecule has 1 heterocycles. The Morgan fingerprint density at radius 3 is 2.32 bits per heavy atom. The van der Waals surface area contributed by atoms with E-state index >= 15 is 0 Å². The molecule has 28 heavy (non-hydrogen) atoms. The van der Waals surface area contributed by atoms with Crippen LogP contribution in [0.2, 0.25) is 0 Å². The predicted molar refractivity (Wildman–Crippen MR) is 119 cm³/mol. The van der Waals surface area contributed by atoms with Gasteiger partial charge in [0, 0.05) is 25.5 Å². The zero-order valence-corrected chi connectivity index (χ0v) is 16.7. The molecule has 1 aromatic heterocycles. The van der Waals surface area contributed by atoms with Crippen molar-refractivity contribution in [3.8, 4) is 0 Å². The summed E-state index contributed by atoms with van der Waals surface area (Å²) in [4.78, 5) is 4.46. The van der Waals surface area contributed by atoms with E-state index < -0.39 is 0 Å². The monoisotopic (exact) mass is 378 g/mol. The fraction of sp³-hybridized carbons (Fsp3) is 0.318. The number of fused-ring (bicyclic) bond motifs is 1. The number of pyridine rings is 1. The topological polar surface area (TPSA) is 97.4 Å². The van der Waals surface area contributed by atoms with Gasteiger partial charge in [0.1, 0.15) is 11.5 Å². The van der Waals surface area contributed by atoms with E-state index in [9.17, 15) is 0 Å². The summed E-state index contributed by atoms with van der Waals surface area (Å²) in [5.74, 6) is 0.362. The van der Waals surface area contributed by atoms with Crippen molar-refractivity contribution in [2.24, 2.45) is 5.73 Å². The molecule has 0 bridgehead atoms. The van der Waals surface area contributed by atoms with Crippen molar-refractivity contribution in [3.05, 3.63) is 59.7 Å². The van der Waals surface area contributed by atoms with Crippen LogP contribution in [0.15, 0.2) is 48.5 Å². The van der Waals surface area contributed by atoms with Crippen LogP contribution in [0.3, 0.4) is 0 Å². The van der Waals surface area contributed by atoms with Crippen molar-refractivity contribution in [2.75, 3.05) is 30.1 Å². The van der Waals surface area contributed by atoms with Crippen LogP contribution in [0, 0.1) is 0 Å². The molecule has 0 amide bonds. The molecule has 0 spiro atoms. The van der Waals surface area contributed by atoms with Gasteiger partial charge in [-0.25, -0.2) is 9.99 Å². The van der Waals surface area contributed by atoms with Crippen LogP contribution in [0.1, 0.15) is 30.9 Å². The van der Waals surface area contributed by atoms with E-state index in [1.54, 1.807) is 0 Å². The molecule has 6 heteroatoms. The molecule has 6 N–H and O–H groups in total. The Kier molecular flexibility index (Phi) is 6.34. The second-order valence-electron chi connectivity index (χ2n) is 7.09. The molecule has 0 unspecified atom stereocenters. The average molecular weight is 379 g/mol. The number of nitrogens with zero attached hydrogens (tertiary/aromatic N) is 3. The van der Waals surface area contributed by atoms with Crippen molar-refractivity contribution < 1.29 is 0 Å². The Morgan fingerprint density at radius 2 is 1.64 bits per heavy atom. The number of hydrogen-bond donors (Lipinski definition) is 3. The van der Waals surface area contributed by atoms with E-state index in [-0.39, 0.29) is 0 Å². The number of benzene rings is 2. The molecular formula is C22H30N6. The second-order valence-corrected chi connectivity index (χ2v) is 7.09. The molecule has 0 fully saturated rings. The van der Waals surface area contributed by atoms with Crippen molar-refractivity contribution in [1.29, 1.82) is 0 Å². The Hall–Kier alpha value is -2.83. The van der Waals surface area contributed by atoms with Crippen molar-refractivity contribution in [1.82, 2.24) is 9.99 Å². The van der Waals surface area contributed by atoms with Crippen LogP contribution in [0.5, 0.6) is 0 Å². The molecule has 3 aromatic rings. The Labute approximate surface area is 166 Å². The molecule has 0 aliphatic carbocycles. The lowest BCUT2D eigenvalue weighted by Gasteiger charge is -2.36. The molecule has 3 rings (SSSR count). The highest BCUT2D eigenvalue weighted by Gasteiger charge is 2.21. The van der Waals surface area contributed by atoms with E-state index in [0.717, 1.165) is 41.5 Å². The third-order valence-corrected chi connectivity index (χ3v) is 5.03. The molecule has 0 atom stereocenters. The van der Waals surface area contributed by atoms with E-state index in [0.29, 0.717) is 24.6 Å². The predicted octanol–water partition coefficient (Wildman–Crippen LogP) is 3.51. The average Bonchev–Trinajstić information content (AvgIpc) is 2.72. The van der Waals surface area contributed by atoms with Gasteiger partial charge in [-0.05, 0) is 23.6 Å². The van der Waals surface area contributed by atoms with Crippen molar-refractivity contribution >= 4 is 28.1 Å². The Morgan fingerprint density at radius 1 is 0.964 bits per heavy atom. The van der Waals surface area contributed by atoms with Gasteiger partial charge in [-0.3, -0.25) is 5.01 Å². The summed E-state index contributed by atoms with van der Waals surface area (Å²) in [5.41, 5.74) is 22.9. The molecule has 2 aromatic carbocycles. The van der Waals surface area contributed by atoms with Gasteiger partial charge in [-0.2, -0.15) is 0 Å². The maximum Gasteiger partial charge on any atom is 0.149 e. The third kappa shape index (κ3) is 4.18. The first kappa shape index (κ1) is 19.9. The first-order valence-corrected chi connectivity index (χ1v) is 9.75. The number of nitrogen functional groups attached to an aromatic ring is 2. The minimum atomic E-state index is 0.362. The van der Waals surface area contributed by atoms with Gasteiger partial charge >= 0.3 is 0 Å². The summed E-state index contributed by atoms with van der Waals surface area (Å²) >= 11 is 0. The number of unbranched alkanes of at least 4 members (excludes halogenated alkanes) is 1. The summed E-state index contributed by atoms with van der Waals surface area (Å²) < 4.78 is 0. The van der Waals surface area contributed by atoms with Gasteiger partial charge in [-0.15, -0.1) is 0 Å². The number of aromatic nitrogens is 1. The molecule has 0 aliphatic rings. The number of hydrazine groups is 1. The SMILES string of the molecule is CCCCN(C)N(Cc1ccc(CN)cc1)c1c(N)c(N)nc2ccccc12. The van der Waals surface area contributed by atoms with Crippen molar-refractivity contribution in [2.45, 2.75) is 32.9 Å². The highest BCUT2D eigenvalue weighted by molar-refractivity contribution is 6.01. The summed E-state index contributed by atoms with van der Waals surface area (Å²) in [5, 5.41) is 5.43. The van der Waals surface area contributed by atoms with E-state index in [2.05, 4.69) is 53.2 Å². The smallest absolute Gasteiger partial charge is 0.149 e. The molecule has 6 nitrogen and oxygen atoms in total. The zero-order valence-electron chi connectivity index (χ0n) is 16.7. The number of hydrogen-bond acceptors (Lipinski definition) is 6. The standard InChI is InChI=1S/C22H30N6/c1-3-4-13-27(2)28(15-17-11-9-16(14-23)10-12-17)21-18-7-5-6-8-19(18)26-22(25)20(21)24/h5-12H,3-4,13-15,23-24H2,1-2H3,(H2,25,26). The van der Waals surface area contributed by atoms with Gasteiger partial charge in [0.05, 0.1) is 17.7 Å². The van der Waals surface area contributed by atoms with E-state index in [1.807, 2.05) is 24.3 Å². The van der Waals surface area contributed by atoms with Crippen LogP contribution < -0.4 is 22.2 Å². The maximum atomic E-state index is 6.44. The molecule has 0 aliphatic heterocycles. The molecular weight excluding hydrogens is 348 g/mol. The summed E-state index contributed by atoms with van der Waals surface area (Å²) in [7, 11) is 2.09. The minimum absolute atomic E-state index is 0.362. The summed E-state index contributed by atoms with van der Waals surface area (Å²) in [6.45, 7) is 4.34. The van der Waals surface area contributed by atoms with Crippen LogP contribution in [-0.4, -0.2) is 23.6 Å². The summed E-state index contributed by atoms with van der Waals surface area (Å²) in [6, 6.07) is 16.4. The Balaban J connectivity index is 2.08. The van der Waals surface area contributed by atoms with Crippen LogP contribution in [0.4, 0.5) is 17.2 Å². The van der Waals surface area contributed by atoms with Crippen LogP contribution in [0.25, 0.3) is 10.9 Å². The fourth-order valence-electron chi connectivity index (χ4n) is 3.34. The molecule has 0 radical (unpaired) electrons. The van der Waals surface area contributed by atoms with Gasteiger partial charge in [0.15, 0.2) is 0 Å². The van der Waals surface area contributed by atoms with Gasteiger partial charge in [0.25, 0.3) is 0 Å². The maximum absolute atomic E-state index is 6.44. The highest BCUT2D eigenvalue weighted by Crippen LogP contribution is 2.36. The van der Waals surface area contributed by atoms with E-state index in [1.165, 1.54) is 5.56 Å². The number of rotatable bonds is 8. The fourth-order valence-corrected chi connectivity index (χ4v) is 3.34. The number of nitrogens with two attached hydrogens (primary N) is 3. The number of para-hydroxylation sites is 1. The molecule has 0 saturated heterocycles. The largest absolute Gasteiger partial charge is 0.394 e. The first-order valence-electron chi connectivity index (χ1n) is 9.75. The van der Waals surface area contributed by atoms with E-state index in [4.69, 9.17) is 17.2 Å². The minimum Gasteiger partial charge on any atom is -0.394 e. The lowest BCUT2D eigenvalue weighted by atomic mass is 10.1. The number of anilines is 3. The Bertz CT molecular complexity index is 922. The lowest BCUT2D eigenvalue weighted by Crippen LogP contribution is -2.40. The molecule has 0 saturated carbocycles. The van der Waals surface area contributed by atoms with Crippen LogP contribution in [-0.2, 0) is 13.1 Å².